The van der Waals surface area contributed by atoms with Gasteiger partial charge in [-0.05, 0) is 66.4 Å². The molecule has 5 heterocycles. The predicted molar refractivity (Wildman–Crippen MR) is 221 cm³/mol. The Morgan fingerprint density at radius 3 is 2.19 bits per heavy atom. The number of fused-ring (bicyclic) bond motifs is 2. The van der Waals surface area contributed by atoms with Gasteiger partial charge in [0.2, 0.25) is 17.7 Å². The van der Waals surface area contributed by atoms with Gasteiger partial charge in [-0.15, -0.1) is 0 Å². The Balaban J connectivity index is 1.21. The highest BCUT2D eigenvalue weighted by Gasteiger charge is 2.66. The SMILES string of the molecule is COc1ccc([Si](C)(C)[C@@H]2[C@@H](CC(=O)N3CCC[C@H]3CO)O[C@]3(C(=O)N(Cc4ccc(N5CCNCC5=O)cc4)c4ccc(N5CCNCC5=O)cc43)[C@H]2C)cc1. The molecular formula is C43H54N6O7Si. The number of hydrogen-bond acceptors (Lipinski definition) is 9. The molecule has 5 atom stereocenters. The quantitative estimate of drug-likeness (QED) is 0.264. The number of hydrogen-bond donors (Lipinski definition) is 3. The van der Waals surface area contributed by atoms with Crippen LogP contribution in [0.4, 0.5) is 17.1 Å². The van der Waals surface area contributed by atoms with E-state index in [-0.39, 0.29) is 67.2 Å². The van der Waals surface area contributed by atoms with Crippen molar-refractivity contribution in [3.8, 4) is 5.75 Å². The maximum Gasteiger partial charge on any atom is 0.264 e. The first kappa shape index (κ1) is 39.2. The van der Waals surface area contributed by atoms with Crippen LogP contribution in [0, 0.1) is 5.92 Å². The summed E-state index contributed by atoms with van der Waals surface area (Å²) in [6.07, 6.45) is 1.09. The van der Waals surface area contributed by atoms with Gasteiger partial charge in [0.25, 0.3) is 5.91 Å². The average Bonchev–Trinajstić information content (AvgIpc) is 3.89. The minimum atomic E-state index is -2.55. The van der Waals surface area contributed by atoms with Crippen molar-refractivity contribution in [1.29, 1.82) is 0 Å². The van der Waals surface area contributed by atoms with Crippen LogP contribution in [0.2, 0.25) is 18.6 Å². The Hall–Kier alpha value is -4.60. The third kappa shape index (κ3) is 6.84. The first-order valence-corrected chi connectivity index (χ1v) is 23.4. The van der Waals surface area contributed by atoms with Crippen molar-refractivity contribution in [3.05, 3.63) is 77.9 Å². The predicted octanol–water partition coefficient (Wildman–Crippen LogP) is 2.70. The summed E-state index contributed by atoms with van der Waals surface area (Å²) in [6.45, 7) is 10.4. The van der Waals surface area contributed by atoms with E-state index in [1.54, 1.807) is 26.7 Å². The Morgan fingerprint density at radius 2 is 1.56 bits per heavy atom. The lowest BCUT2D eigenvalue weighted by molar-refractivity contribution is -0.150. The number of anilines is 3. The molecule has 302 valence electrons. The van der Waals surface area contributed by atoms with Gasteiger partial charge in [0.15, 0.2) is 5.60 Å². The summed E-state index contributed by atoms with van der Waals surface area (Å²) < 4.78 is 12.8. The molecule has 13 nitrogen and oxygen atoms in total. The fraction of sp³-hybridized carbons (Fsp3) is 0.488. The van der Waals surface area contributed by atoms with Crippen molar-refractivity contribution >= 4 is 54.0 Å². The summed E-state index contributed by atoms with van der Waals surface area (Å²) in [4.78, 5) is 62.7. The lowest BCUT2D eigenvalue weighted by atomic mass is 9.82. The molecule has 14 heteroatoms. The van der Waals surface area contributed by atoms with Crippen molar-refractivity contribution < 1.29 is 33.8 Å². The Kier molecular flexibility index (Phi) is 10.8. The number of nitrogens with zero attached hydrogens (tertiary/aromatic N) is 4. The Bertz CT molecular complexity index is 2030. The molecule has 4 amide bonds. The molecular weight excluding hydrogens is 741 g/mol. The van der Waals surface area contributed by atoms with E-state index in [0.717, 1.165) is 36.4 Å². The molecule has 0 aliphatic carbocycles. The van der Waals surface area contributed by atoms with Gasteiger partial charge in [-0.3, -0.25) is 19.2 Å². The first-order valence-electron chi connectivity index (χ1n) is 20.3. The zero-order chi connectivity index (χ0) is 40.1. The van der Waals surface area contributed by atoms with Crippen LogP contribution < -0.4 is 35.3 Å². The smallest absolute Gasteiger partial charge is 0.264 e. The lowest BCUT2D eigenvalue weighted by Gasteiger charge is -2.37. The normalized spacial score (nSPS) is 26.5. The molecule has 0 radical (unpaired) electrons. The maximum absolute atomic E-state index is 15.5. The van der Waals surface area contributed by atoms with Gasteiger partial charge in [-0.25, -0.2) is 0 Å². The Labute approximate surface area is 335 Å². The van der Waals surface area contributed by atoms with E-state index in [9.17, 15) is 19.5 Å². The molecule has 57 heavy (non-hydrogen) atoms. The molecule has 0 bridgehead atoms. The molecule has 1 spiro atoms. The fourth-order valence-corrected chi connectivity index (χ4v) is 14.2. The summed E-state index contributed by atoms with van der Waals surface area (Å²) >= 11 is 0. The standard InChI is InChI=1S/C43H54N6O7Si/c1-28-41(57(3,4)34-14-12-33(55-2)13-15-34)37(23-38(51)46-19-5-6-32(46)27-50)56-43(28)35-22-31(48-21-18-45-25-40(48)53)11-16-36(35)49(42(43)54)26-29-7-9-30(10-8-29)47-20-17-44-24-39(47)52/h7-16,22,28,32,37,41,44-45,50H,5-6,17-21,23-27H2,1-4H3/t28-,32-,37+,41-,43+/m0/s1. The molecule has 3 N–H and O–H groups in total. The number of piperazine rings is 2. The average molecular weight is 795 g/mol. The zero-order valence-electron chi connectivity index (χ0n) is 33.3. The molecule has 4 fully saturated rings. The van der Waals surface area contributed by atoms with Crippen LogP contribution in [0.15, 0.2) is 66.7 Å². The number of aliphatic hydroxyl groups excluding tert-OH is 1. The zero-order valence-corrected chi connectivity index (χ0v) is 34.3. The van der Waals surface area contributed by atoms with Crippen molar-refractivity contribution in [2.24, 2.45) is 5.92 Å². The minimum absolute atomic E-state index is 0.0195. The monoisotopic (exact) mass is 794 g/mol. The molecule has 5 aliphatic heterocycles. The fourth-order valence-electron chi connectivity index (χ4n) is 10.2. The maximum atomic E-state index is 15.5. The van der Waals surface area contributed by atoms with Gasteiger partial charge in [-0.1, -0.05) is 49.5 Å². The van der Waals surface area contributed by atoms with E-state index in [1.165, 1.54) is 5.19 Å². The topological polar surface area (TPSA) is 144 Å². The van der Waals surface area contributed by atoms with E-state index in [2.05, 4.69) is 42.8 Å². The van der Waals surface area contributed by atoms with E-state index in [4.69, 9.17) is 9.47 Å². The van der Waals surface area contributed by atoms with Crippen LogP contribution in [-0.4, -0.2) is 113 Å². The third-order valence-corrected chi connectivity index (χ3v) is 17.5. The number of carbonyl (C=O) groups is 4. The molecule has 0 unspecified atom stereocenters. The van der Waals surface area contributed by atoms with Crippen molar-refractivity contribution in [3.63, 3.8) is 0 Å². The highest BCUT2D eigenvalue weighted by atomic mass is 28.3. The lowest BCUT2D eigenvalue weighted by Crippen LogP contribution is -2.52. The summed E-state index contributed by atoms with van der Waals surface area (Å²) in [5.41, 5.74) is 2.25. The van der Waals surface area contributed by atoms with Gasteiger partial charge >= 0.3 is 0 Å². The number of methoxy groups -OCH3 is 1. The molecule has 0 saturated carbocycles. The van der Waals surface area contributed by atoms with Crippen LogP contribution >= 0.6 is 0 Å². The second kappa shape index (κ2) is 15.6. The Morgan fingerprint density at radius 1 is 0.912 bits per heavy atom. The summed E-state index contributed by atoms with van der Waals surface area (Å²) in [6, 6.07) is 21.5. The van der Waals surface area contributed by atoms with Crippen LogP contribution in [0.3, 0.4) is 0 Å². The number of nitrogens with one attached hydrogen (secondary N) is 2. The summed E-state index contributed by atoms with van der Waals surface area (Å²) in [7, 11) is -0.901. The van der Waals surface area contributed by atoms with Gasteiger partial charge in [0, 0.05) is 55.6 Å². The minimum Gasteiger partial charge on any atom is -0.497 e. The van der Waals surface area contributed by atoms with Crippen LogP contribution in [0.5, 0.6) is 5.75 Å². The van der Waals surface area contributed by atoms with E-state index in [0.29, 0.717) is 49.7 Å². The number of amides is 4. The largest absolute Gasteiger partial charge is 0.497 e. The molecule has 4 saturated heterocycles. The number of rotatable bonds is 10. The molecule has 3 aromatic rings. The number of likely N-dealkylation sites (tertiary alicyclic amines) is 1. The van der Waals surface area contributed by atoms with E-state index >= 15 is 4.79 Å². The van der Waals surface area contributed by atoms with E-state index in [1.807, 2.05) is 54.6 Å². The highest BCUT2D eigenvalue weighted by molar-refractivity contribution is 6.91. The molecule has 5 aliphatic rings. The highest BCUT2D eigenvalue weighted by Crippen LogP contribution is 2.60. The second-order valence-electron chi connectivity index (χ2n) is 16.6. The summed E-state index contributed by atoms with van der Waals surface area (Å²) in [5, 5.41) is 17.6. The van der Waals surface area contributed by atoms with Crippen LogP contribution in [-0.2, 0) is 36.1 Å². The molecule has 3 aromatic carbocycles. The van der Waals surface area contributed by atoms with Crippen molar-refractivity contribution in [1.82, 2.24) is 15.5 Å². The molecule has 0 aromatic heterocycles. The van der Waals surface area contributed by atoms with Crippen molar-refractivity contribution in [2.45, 2.75) is 69.1 Å². The van der Waals surface area contributed by atoms with Gasteiger partial charge in [-0.2, -0.15) is 0 Å². The number of aliphatic hydroxyl groups is 1. The number of carbonyl (C=O) groups excluding carboxylic acids is 4. The summed E-state index contributed by atoms with van der Waals surface area (Å²) in [5.74, 6) is 0.117. The van der Waals surface area contributed by atoms with Crippen molar-refractivity contribution in [2.75, 3.05) is 74.2 Å². The van der Waals surface area contributed by atoms with E-state index < -0.39 is 19.8 Å². The van der Waals surface area contributed by atoms with Gasteiger partial charge in [0.1, 0.15) is 5.75 Å². The van der Waals surface area contributed by atoms with Crippen LogP contribution in [0.1, 0.15) is 37.3 Å². The third-order valence-electron chi connectivity index (χ3n) is 13.2. The number of benzene rings is 3. The first-order chi connectivity index (χ1) is 27.5. The van der Waals surface area contributed by atoms with Crippen LogP contribution in [0.25, 0.3) is 0 Å². The second-order valence-corrected chi connectivity index (χ2v) is 21.3. The van der Waals surface area contributed by atoms with Gasteiger partial charge in [0.05, 0.1) is 65.7 Å². The molecule has 8 rings (SSSR count). The van der Waals surface area contributed by atoms with Gasteiger partial charge < -0.3 is 44.8 Å². The number of ether oxygens (including phenoxy) is 2.